The smallest absolute Gasteiger partial charge is 0.336 e. The Hall–Kier alpha value is -1.77. The zero-order valence-electron chi connectivity index (χ0n) is 10.9. The van der Waals surface area contributed by atoms with Crippen molar-refractivity contribution < 1.29 is 22.7 Å². The third-order valence-electron chi connectivity index (χ3n) is 2.79. The van der Waals surface area contributed by atoms with Gasteiger partial charge in [0.05, 0.1) is 5.56 Å². The zero-order valence-corrected chi connectivity index (χ0v) is 12.5. The molecule has 1 unspecified atom stereocenters. The van der Waals surface area contributed by atoms with Crippen molar-refractivity contribution in [2.24, 2.45) is 0 Å². The number of rotatable bonds is 5. The van der Waals surface area contributed by atoms with Gasteiger partial charge in [0.2, 0.25) is 0 Å². The molecule has 5 nitrogen and oxygen atoms in total. The highest BCUT2D eigenvalue weighted by Crippen LogP contribution is 2.23. The predicted molar refractivity (Wildman–Crippen MR) is 76.4 cm³/mol. The van der Waals surface area contributed by atoms with Crippen molar-refractivity contribution in [2.75, 3.05) is 0 Å². The number of benzene rings is 1. The van der Waals surface area contributed by atoms with Crippen molar-refractivity contribution in [1.82, 2.24) is 4.72 Å². The molecule has 0 saturated carbocycles. The molecule has 8 heteroatoms. The summed E-state index contributed by atoms with van der Waals surface area (Å²) in [6, 6.07) is 6.00. The molecule has 1 heterocycles. The number of thiophene rings is 1. The summed E-state index contributed by atoms with van der Waals surface area (Å²) in [6.07, 6.45) is 0. The predicted octanol–water partition coefficient (Wildman–Crippen LogP) is 2.62. The Kier molecular flexibility index (Phi) is 4.40. The molecule has 112 valence electrons. The summed E-state index contributed by atoms with van der Waals surface area (Å²) in [6.45, 7) is 1.62. The Bertz CT molecular complexity index is 753. The molecule has 0 aliphatic carbocycles. The average Bonchev–Trinajstić information content (AvgIpc) is 2.89. The van der Waals surface area contributed by atoms with Crippen LogP contribution in [0.25, 0.3) is 0 Å². The summed E-state index contributed by atoms with van der Waals surface area (Å²) < 4.78 is 39.5. The number of carboxylic acid groups (broad SMARTS) is 1. The van der Waals surface area contributed by atoms with E-state index in [1.165, 1.54) is 29.6 Å². The maximum atomic E-state index is 12.8. The molecular formula is C13H12FNO4S2. The Balaban J connectivity index is 2.20. The fraction of sp³-hybridized carbons (Fsp3) is 0.154. The number of hydrogen-bond donors (Lipinski definition) is 2. The Labute approximate surface area is 125 Å². The van der Waals surface area contributed by atoms with E-state index in [0.717, 1.165) is 17.4 Å². The summed E-state index contributed by atoms with van der Waals surface area (Å²) in [5.41, 5.74) is 0.532. The minimum Gasteiger partial charge on any atom is -0.478 e. The first-order valence-electron chi connectivity index (χ1n) is 5.89. The maximum Gasteiger partial charge on any atom is 0.336 e. The molecule has 0 fully saturated rings. The molecule has 0 spiro atoms. The van der Waals surface area contributed by atoms with E-state index in [-0.39, 0.29) is 9.77 Å². The molecular weight excluding hydrogens is 317 g/mol. The van der Waals surface area contributed by atoms with E-state index in [1.54, 1.807) is 6.92 Å². The lowest BCUT2D eigenvalue weighted by Gasteiger charge is -2.13. The van der Waals surface area contributed by atoms with E-state index in [2.05, 4.69) is 4.72 Å². The molecule has 0 radical (unpaired) electrons. The standard InChI is InChI=1S/C13H12FNO4S2/c1-8(9-2-4-11(14)5-3-9)15-21(18,19)12-6-10(7-20-12)13(16)17/h2-8,15H,1H3,(H,16,17). The number of halogens is 1. The first kappa shape index (κ1) is 15.6. The van der Waals surface area contributed by atoms with Crippen LogP contribution in [0.15, 0.2) is 39.9 Å². The van der Waals surface area contributed by atoms with E-state index >= 15 is 0 Å². The Morgan fingerprint density at radius 1 is 1.33 bits per heavy atom. The van der Waals surface area contributed by atoms with Crippen LogP contribution in [0, 0.1) is 5.82 Å². The number of carboxylic acids is 1. The highest BCUT2D eigenvalue weighted by Gasteiger charge is 2.21. The molecule has 0 aliphatic rings. The van der Waals surface area contributed by atoms with Crippen LogP contribution >= 0.6 is 11.3 Å². The van der Waals surface area contributed by atoms with Crippen LogP contribution in [0.4, 0.5) is 4.39 Å². The lowest BCUT2D eigenvalue weighted by molar-refractivity contribution is 0.0697. The van der Waals surface area contributed by atoms with Gasteiger partial charge < -0.3 is 5.11 Å². The lowest BCUT2D eigenvalue weighted by atomic mass is 10.1. The highest BCUT2D eigenvalue weighted by atomic mass is 32.2. The molecule has 1 aromatic carbocycles. The van der Waals surface area contributed by atoms with Crippen LogP contribution in [0.5, 0.6) is 0 Å². The van der Waals surface area contributed by atoms with Crippen molar-refractivity contribution in [2.45, 2.75) is 17.2 Å². The summed E-state index contributed by atoms with van der Waals surface area (Å²) >= 11 is 0.833. The van der Waals surface area contributed by atoms with E-state index in [9.17, 15) is 17.6 Å². The van der Waals surface area contributed by atoms with Gasteiger partial charge in [-0.15, -0.1) is 11.3 Å². The van der Waals surface area contributed by atoms with Crippen LogP contribution < -0.4 is 4.72 Å². The van der Waals surface area contributed by atoms with Gasteiger partial charge in [-0.2, -0.15) is 0 Å². The normalized spacial score (nSPS) is 13.0. The number of carbonyl (C=O) groups is 1. The minimum atomic E-state index is -3.82. The summed E-state index contributed by atoms with van der Waals surface area (Å²) in [4.78, 5) is 10.8. The molecule has 1 aromatic heterocycles. The summed E-state index contributed by atoms with van der Waals surface area (Å²) in [5.74, 6) is -1.59. The van der Waals surface area contributed by atoms with Crippen LogP contribution in [0.1, 0.15) is 28.9 Å². The first-order chi connectivity index (χ1) is 9.79. The topological polar surface area (TPSA) is 83.5 Å². The van der Waals surface area contributed by atoms with Crippen LogP contribution in [-0.2, 0) is 10.0 Å². The molecule has 2 N–H and O–H groups in total. The van der Waals surface area contributed by atoms with Gasteiger partial charge in [0, 0.05) is 11.4 Å². The number of sulfonamides is 1. The van der Waals surface area contributed by atoms with Crippen molar-refractivity contribution in [1.29, 1.82) is 0 Å². The van der Waals surface area contributed by atoms with Gasteiger partial charge >= 0.3 is 5.97 Å². The molecule has 0 saturated heterocycles. The minimum absolute atomic E-state index is 0.0742. The fourth-order valence-electron chi connectivity index (χ4n) is 1.68. The zero-order chi connectivity index (χ0) is 15.6. The lowest BCUT2D eigenvalue weighted by Crippen LogP contribution is -2.26. The molecule has 0 aliphatic heterocycles. The quantitative estimate of drug-likeness (QED) is 0.883. The third kappa shape index (κ3) is 3.66. The highest BCUT2D eigenvalue weighted by molar-refractivity contribution is 7.91. The molecule has 2 rings (SSSR count). The van der Waals surface area contributed by atoms with Gasteiger partial charge in [0.1, 0.15) is 10.0 Å². The SMILES string of the molecule is CC(NS(=O)(=O)c1cc(C(=O)O)cs1)c1ccc(F)cc1. The summed E-state index contributed by atoms with van der Waals surface area (Å²) in [5, 5.41) is 10.1. The fourth-order valence-corrected chi connectivity index (χ4v) is 4.08. The third-order valence-corrected chi connectivity index (χ3v) is 5.77. The van der Waals surface area contributed by atoms with Gasteiger partial charge in [-0.25, -0.2) is 22.3 Å². The molecule has 0 bridgehead atoms. The molecule has 0 amide bonds. The van der Waals surface area contributed by atoms with Crippen LogP contribution in [0.3, 0.4) is 0 Å². The van der Waals surface area contributed by atoms with Crippen molar-refractivity contribution >= 4 is 27.3 Å². The molecule has 2 aromatic rings. The van der Waals surface area contributed by atoms with Gasteiger partial charge in [0.15, 0.2) is 0 Å². The second-order valence-electron chi connectivity index (χ2n) is 4.35. The second kappa shape index (κ2) is 5.92. The Morgan fingerprint density at radius 3 is 2.48 bits per heavy atom. The number of nitrogens with one attached hydrogen (secondary N) is 1. The van der Waals surface area contributed by atoms with Crippen molar-refractivity contribution in [3.05, 3.63) is 52.7 Å². The maximum absolute atomic E-state index is 12.8. The second-order valence-corrected chi connectivity index (χ2v) is 7.21. The molecule has 1 atom stereocenters. The largest absolute Gasteiger partial charge is 0.478 e. The van der Waals surface area contributed by atoms with Gasteiger partial charge in [-0.3, -0.25) is 0 Å². The van der Waals surface area contributed by atoms with Gasteiger partial charge in [0.25, 0.3) is 10.0 Å². The number of aromatic carboxylic acids is 1. The molecule has 21 heavy (non-hydrogen) atoms. The monoisotopic (exact) mass is 329 g/mol. The van der Waals surface area contributed by atoms with Gasteiger partial charge in [-0.05, 0) is 30.7 Å². The van der Waals surface area contributed by atoms with Crippen molar-refractivity contribution in [3.8, 4) is 0 Å². The summed E-state index contributed by atoms with van der Waals surface area (Å²) in [7, 11) is -3.82. The number of hydrogen-bond acceptors (Lipinski definition) is 4. The van der Waals surface area contributed by atoms with E-state index in [0.29, 0.717) is 5.56 Å². The van der Waals surface area contributed by atoms with E-state index in [1.807, 2.05) is 0 Å². The average molecular weight is 329 g/mol. The van der Waals surface area contributed by atoms with Crippen LogP contribution in [-0.4, -0.2) is 19.5 Å². The first-order valence-corrected chi connectivity index (χ1v) is 8.25. The van der Waals surface area contributed by atoms with E-state index in [4.69, 9.17) is 5.11 Å². The van der Waals surface area contributed by atoms with E-state index < -0.39 is 27.9 Å². The Morgan fingerprint density at radius 2 is 1.95 bits per heavy atom. The van der Waals surface area contributed by atoms with Crippen molar-refractivity contribution in [3.63, 3.8) is 0 Å². The van der Waals surface area contributed by atoms with Gasteiger partial charge in [-0.1, -0.05) is 12.1 Å². The van der Waals surface area contributed by atoms with Crippen LogP contribution in [0.2, 0.25) is 0 Å².